The van der Waals surface area contributed by atoms with Gasteiger partial charge in [0.1, 0.15) is 17.1 Å². The van der Waals surface area contributed by atoms with Gasteiger partial charge >= 0.3 is 5.97 Å². The number of benzene rings is 1. The molecule has 1 aliphatic heterocycles. The number of halogens is 1. The van der Waals surface area contributed by atoms with Gasteiger partial charge in [-0.2, -0.15) is 0 Å². The molecule has 0 spiro atoms. The Morgan fingerprint density at radius 2 is 2.00 bits per heavy atom. The molecule has 1 saturated carbocycles. The summed E-state index contributed by atoms with van der Waals surface area (Å²) in [6, 6.07) is 1.01. The minimum absolute atomic E-state index is 0.0630. The number of ether oxygens (including phenoxy) is 1. The summed E-state index contributed by atoms with van der Waals surface area (Å²) in [6.07, 6.45) is 9.87. The van der Waals surface area contributed by atoms with Crippen molar-refractivity contribution in [1.82, 2.24) is 0 Å². The van der Waals surface area contributed by atoms with E-state index in [0.29, 0.717) is 11.8 Å². The molecule has 3 atom stereocenters. The number of carbonyl (C=O) groups is 1. The maximum Gasteiger partial charge on any atom is 0.342 e. The summed E-state index contributed by atoms with van der Waals surface area (Å²) >= 11 is 6.17. The SMILES string of the molecule is C[C@@H]1C[C@H]2CC[C@@H]2\C=C/C=C/C(=N\O)Cc2c(Cl)c(O)cc(O)c2C(=O)O1. The minimum atomic E-state index is -0.721. The molecule has 0 radical (unpaired) electrons. The van der Waals surface area contributed by atoms with Crippen molar-refractivity contribution in [1.29, 1.82) is 0 Å². The Bertz CT molecular complexity index is 830. The lowest BCUT2D eigenvalue weighted by Crippen LogP contribution is -2.29. The van der Waals surface area contributed by atoms with Gasteiger partial charge in [0.25, 0.3) is 0 Å². The quantitative estimate of drug-likeness (QED) is 0.349. The first-order valence-electron chi connectivity index (χ1n) is 8.90. The van der Waals surface area contributed by atoms with E-state index in [1.165, 1.54) is 0 Å². The highest BCUT2D eigenvalue weighted by Crippen LogP contribution is 2.40. The number of carbonyl (C=O) groups excluding carboxylic acids is 1. The maximum atomic E-state index is 12.7. The van der Waals surface area contributed by atoms with Crippen molar-refractivity contribution in [3.63, 3.8) is 0 Å². The summed E-state index contributed by atoms with van der Waals surface area (Å²) in [4.78, 5) is 12.7. The van der Waals surface area contributed by atoms with Crippen molar-refractivity contribution >= 4 is 23.3 Å². The average molecular weight is 392 g/mol. The van der Waals surface area contributed by atoms with Gasteiger partial charge in [-0.15, -0.1) is 0 Å². The predicted molar refractivity (Wildman–Crippen MR) is 102 cm³/mol. The molecular formula is C20H22ClNO5. The zero-order valence-corrected chi connectivity index (χ0v) is 15.7. The van der Waals surface area contributed by atoms with Gasteiger partial charge in [-0.05, 0) is 49.7 Å². The lowest BCUT2D eigenvalue weighted by atomic mass is 9.71. The number of allylic oxidation sites excluding steroid dienone is 4. The standard InChI is InChI=1S/C20H22ClNO5/c1-11-8-13-7-6-12(13)4-2-3-5-14(22-26)9-15-18(20(25)27-11)16(23)10-17(24)19(15)21/h2-5,10-13,23-24,26H,6-9H2,1H3/b4-2-,5-3+,22-14+/t11-,12+,13-/m1/s1. The molecule has 144 valence electrons. The molecule has 2 aliphatic rings. The van der Waals surface area contributed by atoms with Crippen LogP contribution >= 0.6 is 11.6 Å². The van der Waals surface area contributed by atoms with Crippen LogP contribution < -0.4 is 0 Å². The van der Waals surface area contributed by atoms with Crippen molar-refractivity contribution in [3.8, 4) is 11.5 Å². The molecule has 1 heterocycles. The van der Waals surface area contributed by atoms with Gasteiger partial charge in [-0.1, -0.05) is 35.0 Å². The number of phenols is 2. The second kappa shape index (κ2) is 8.05. The normalized spacial score (nSPS) is 29.6. The summed E-state index contributed by atoms with van der Waals surface area (Å²) < 4.78 is 5.54. The number of cyclic esters (lactones) is 1. The molecule has 3 rings (SSSR count). The Morgan fingerprint density at radius 1 is 1.22 bits per heavy atom. The number of fused-ring (bicyclic) bond motifs is 2. The number of esters is 1. The highest BCUT2D eigenvalue weighted by Gasteiger charge is 2.32. The Kier molecular flexibility index (Phi) is 5.75. The fraction of sp³-hybridized carbons (Fsp3) is 0.400. The van der Waals surface area contributed by atoms with E-state index < -0.39 is 11.7 Å². The highest BCUT2D eigenvalue weighted by atomic mass is 35.5. The van der Waals surface area contributed by atoms with Crippen LogP contribution in [0.1, 0.15) is 42.1 Å². The number of oxime groups is 1. The van der Waals surface area contributed by atoms with Crippen molar-refractivity contribution in [2.45, 2.75) is 38.7 Å². The first-order valence-corrected chi connectivity index (χ1v) is 9.28. The second-order valence-corrected chi connectivity index (χ2v) is 7.43. The lowest BCUT2D eigenvalue weighted by Gasteiger charge is -2.36. The number of rotatable bonds is 0. The summed E-state index contributed by atoms with van der Waals surface area (Å²) in [5.74, 6) is -0.655. The van der Waals surface area contributed by atoms with Gasteiger partial charge in [0.15, 0.2) is 0 Å². The monoisotopic (exact) mass is 391 g/mol. The molecule has 0 amide bonds. The Hall–Kier alpha value is -2.47. The molecule has 0 aromatic heterocycles. The fourth-order valence-corrected chi connectivity index (χ4v) is 3.83. The molecule has 6 nitrogen and oxygen atoms in total. The smallest absolute Gasteiger partial charge is 0.342 e. The third-order valence-electron chi connectivity index (χ3n) is 5.19. The molecule has 3 N–H and O–H groups in total. The van der Waals surface area contributed by atoms with Crippen LogP contribution in [0.15, 0.2) is 35.5 Å². The van der Waals surface area contributed by atoms with Crippen molar-refractivity contribution in [3.05, 3.63) is 46.5 Å². The average Bonchev–Trinajstić information content (AvgIpc) is 2.60. The number of nitrogens with zero attached hydrogens (tertiary/aromatic N) is 1. The van der Waals surface area contributed by atoms with E-state index in [1.54, 1.807) is 12.2 Å². The molecular weight excluding hydrogens is 370 g/mol. The van der Waals surface area contributed by atoms with E-state index in [2.05, 4.69) is 11.2 Å². The highest BCUT2D eigenvalue weighted by molar-refractivity contribution is 6.33. The van der Waals surface area contributed by atoms with Gasteiger partial charge in [-0.3, -0.25) is 0 Å². The van der Waals surface area contributed by atoms with Gasteiger partial charge in [0.2, 0.25) is 0 Å². The van der Waals surface area contributed by atoms with E-state index in [0.717, 1.165) is 25.3 Å². The van der Waals surface area contributed by atoms with E-state index in [4.69, 9.17) is 16.3 Å². The van der Waals surface area contributed by atoms with Crippen LogP contribution in [0.3, 0.4) is 0 Å². The number of hydrogen-bond donors (Lipinski definition) is 3. The molecule has 0 unspecified atom stereocenters. The molecule has 0 saturated heterocycles. The third kappa shape index (κ3) is 4.11. The third-order valence-corrected chi connectivity index (χ3v) is 5.61. The van der Waals surface area contributed by atoms with Gasteiger partial charge in [0, 0.05) is 12.5 Å². The number of hydrogen-bond acceptors (Lipinski definition) is 6. The van der Waals surface area contributed by atoms with Crippen molar-refractivity contribution in [2.75, 3.05) is 0 Å². The van der Waals surface area contributed by atoms with E-state index in [-0.39, 0.29) is 40.1 Å². The molecule has 1 aromatic carbocycles. The zero-order chi connectivity index (χ0) is 19.6. The molecule has 0 bridgehead atoms. The molecule has 1 aromatic rings. The second-order valence-electron chi connectivity index (χ2n) is 7.05. The summed E-state index contributed by atoms with van der Waals surface area (Å²) in [6.45, 7) is 1.82. The predicted octanol–water partition coefficient (Wildman–Crippen LogP) is 4.21. The number of aromatic hydroxyl groups is 2. The van der Waals surface area contributed by atoms with Crippen LogP contribution in [0.4, 0.5) is 0 Å². The van der Waals surface area contributed by atoms with Crippen LogP contribution in [0, 0.1) is 11.8 Å². The van der Waals surface area contributed by atoms with E-state index in [1.807, 2.05) is 13.0 Å². The van der Waals surface area contributed by atoms with Crippen molar-refractivity contribution < 1.29 is 25.0 Å². The van der Waals surface area contributed by atoms with Crippen molar-refractivity contribution in [2.24, 2.45) is 17.0 Å². The fourth-order valence-electron chi connectivity index (χ4n) is 3.62. The summed E-state index contributed by atoms with van der Waals surface area (Å²) in [7, 11) is 0. The first kappa shape index (κ1) is 19.3. The Morgan fingerprint density at radius 3 is 2.67 bits per heavy atom. The summed E-state index contributed by atoms with van der Waals surface area (Å²) in [5.41, 5.74) is 0.235. The zero-order valence-electron chi connectivity index (χ0n) is 14.9. The van der Waals surface area contributed by atoms with Gasteiger partial charge in [-0.25, -0.2) is 4.79 Å². The summed E-state index contributed by atoms with van der Waals surface area (Å²) in [5, 5.41) is 32.6. The van der Waals surface area contributed by atoms with E-state index in [9.17, 15) is 20.2 Å². The lowest BCUT2D eigenvalue weighted by molar-refractivity contribution is 0.0214. The largest absolute Gasteiger partial charge is 0.507 e. The minimum Gasteiger partial charge on any atom is -0.507 e. The van der Waals surface area contributed by atoms with E-state index >= 15 is 0 Å². The van der Waals surface area contributed by atoms with Crippen LogP contribution in [0.2, 0.25) is 5.02 Å². The molecule has 7 heteroatoms. The van der Waals surface area contributed by atoms with Crippen LogP contribution in [-0.2, 0) is 11.2 Å². The van der Waals surface area contributed by atoms with Gasteiger partial charge in [0.05, 0.1) is 16.8 Å². The van der Waals surface area contributed by atoms with Crippen LogP contribution in [-0.4, -0.2) is 33.2 Å². The maximum absolute atomic E-state index is 12.7. The molecule has 1 fully saturated rings. The molecule has 1 aliphatic carbocycles. The van der Waals surface area contributed by atoms with Crippen LogP contribution in [0.5, 0.6) is 11.5 Å². The first-order chi connectivity index (χ1) is 12.9. The topological polar surface area (TPSA) is 99.4 Å². The number of phenolic OH excluding ortho intramolecular Hbond substituents is 2. The van der Waals surface area contributed by atoms with Crippen LogP contribution in [0.25, 0.3) is 0 Å². The molecule has 27 heavy (non-hydrogen) atoms. The Balaban J connectivity index is 2.05. The van der Waals surface area contributed by atoms with Gasteiger partial charge < -0.3 is 20.2 Å². The Labute approximate surface area is 162 Å².